The van der Waals surface area contributed by atoms with Gasteiger partial charge in [0.15, 0.2) is 5.69 Å². The fraction of sp³-hybridized carbons (Fsp3) is 0.211. The fourth-order valence-corrected chi connectivity index (χ4v) is 3.24. The molecule has 28 heavy (non-hydrogen) atoms. The molecule has 3 aromatic rings. The SMILES string of the molecule is CCSc1ccc(NC(=O)c2cnn(-c3ccccc3C)c2C(F)(F)F)cn1. The van der Waals surface area contributed by atoms with Crippen LogP contribution in [0.25, 0.3) is 5.69 Å². The third-order valence-corrected chi connectivity index (χ3v) is 4.74. The van der Waals surface area contributed by atoms with Gasteiger partial charge in [0.25, 0.3) is 5.91 Å². The van der Waals surface area contributed by atoms with Crippen molar-refractivity contribution < 1.29 is 18.0 Å². The Labute approximate surface area is 164 Å². The third-order valence-electron chi connectivity index (χ3n) is 3.91. The van der Waals surface area contributed by atoms with Crippen LogP contribution in [-0.2, 0) is 6.18 Å². The van der Waals surface area contributed by atoms with Crippen LogP contribution in [0, 0.1) is 6.92 Å². The molecule has 0 saturated carbocycles. The second-order valence-corrected chi connectivity index (χ2v) is 7.16. The van der Waals surface area contributed by atoms with E-state index in [-0.39, 0.29) is 5.69 Å². The fourth-order valence-electron chi connectivity index (χ4n) is 2.66. The van der Waals surface area contributed by atoms with E-state index < -0.39 is 23.3 Å². The number of hydrogen-bond donors (Lipinski definition) is 1. The summed E-state index contributed by atoms with van der Waals surface area (Å²) in [5.41, 5.74) is -0.497. The van der Waals surface area contributed by atoms with Gasteiger partial charge in [-0.25, -0.2) is 9.67 Å². The molecule has 0 spiro atoms. The van der Waals surface area contributed by atoms with Gasteiger partial charge in [0.1, 0.15) is 0 Å². The van der Waals surface area contributed by atoms with Crippen LogP contribution >= 0.6 is 11.8 Å². The molecule has 0 atom stereocenters. The number of benzene rings is 1. The Balaban J connectivity index is 1.95. The molecule has 0 aliphatic rings. The summed E-state index contributed by atoms with van der Waals surface area (Å²) < 4.78 is 42.0. The minimum Gasteiger partial charge on any atom is -0.320 e. The zero-order valence-corrected chi connectivity index (χ0v) is 15.9. The van der Waals surface area contributed by atoms with Gasteiger partial charge in [-0.3, -0.25) is 4.79 Å². The lowest BCUT2D eigenvalue weighted by molar-refractivity contribution is -0.143. The third kappa shape index (κ3) is 4.19. The van der Waals surface area contributed by atoms with Crippen LogP contribution in [0.5, 0.6) is 0 Å². The monoisotopic (exact) mass is 406 g/mol. The average Bonchev–Trinajstić information content (AvgIpc) is 3.09. The molecule has 2 aromatic heterocycles. The molecule has 0 unspecified atom stereocenters. The second-order valence-electron chi connectivity index (χ2n) is 5.88. The highest BCUT2D eigenvalue weighted by molar-refractivity contribution is 7.99. The van der Waals surface area contributed by atoms with E-state index in [4.69, 9.17) is 0 Å². The van der Waals surface area contributed by atoms with E-state index in [1.807, 2.05) is 6.92 Å². The predicted molar refractivity (Wildman–Crippen MR) is 102 cm³/mol. The largest absolute Gasteiger partial charge is 0.434 e. The standard InChI is InChI=1S/C19H17F3N4OS/c1-3-28-16-9-8-13(10-23-16)25-18(27)14-11-24-26(17(14)19(20,21)22)15-7-5-4-6-12(15)2/h4-11H,3H2,1-2H3,(H,25,27). The van der Waals surface area contributed by atoms with Crippen LogP contribution in [0.2, 0.25) is 0 Å². The summed E-state index contributed by atoms with van der Waals surface area (Å²) in [4.78, 5) is 16.7. The van der Waals surface area contributed by atoms with Crippen LogP contribution in [0.1, 0.15) is 28.5 Å². The molecular formula is C19H17F3N4OS. The minimum atomic E-state index is -4.76. The first kappa shape index (κ1) is 19.9. The van der Waals surface area contributed by atoms with Gasteiger partial charge >= 0.3 is 6.18 Å². The van der Waals surface area contributed by atoms with Crippen LogP contribution < -0.4 is 5.32 Å². The van der Waals surface area contributed by atoms with Crippen molar-refractivity contribution in [1.29, 1.82) is 0 Å². The molecule has 1 N–H and O–H groups in total. The number of aromatic nitrogens is 3. The lowest BCUT2D eigenvalue weighted by atomic mass is 10.1. The zero-order valence-electron chi connectivity index (χ0n) is 15.1. The van der Waals surface area contributed by atoms with Gasteiger partial charge in [0.05, 0.1) is 34.4 Å². The number of amides is 1. The van der Waals surface area contributed by atoms with E-state index in [0.717, 1.165) is 21.7 Å². The molecule has 5 nitrogen and oxygen atoms in total. The van der Waals surface area contributed by atoms with Gasteiger partial charge in [0.2, 0.25) is 0 Å². The number of anilines is 1. The normalized spacial score (nSPS) is 11.5. The number of thioether (sulfide) groups is 1. The maximum Gasteiger partial charge on any atom is 0.434 e. The predicted octanol–water partition coefficient (Wildman–Crippen LogP) is 4.96. The van der Waals surface area contributed by atoms with E-state index in [1.165, 1.54) is 24.0 Å². The number of alkyl halides is 3. The first-order valence-electron chi connectivity index (χ1n) is 8.42. The molecule has 0 fully saturated rings. The van der Waals surface area contributed by atoms with Crippen molar-refractivity contribution in [2.75, 3.05) is 11.1 Å². The van der Waals surface area contributed by atoms with Gasteiger partial charge in [-0.1, -0.05) is 25.1 Å². The lowest BCUT2D eigenvalue weighted by Crippen LogP contribution is -2.21. The summed E-state index contributed by atoms with van der Waals surface area (Å²) in [7, 11) is 0. The molecule has 0 radical (unpaired) electrons. The molecule has 1 amide bonds. The van der Waals surface area contributed by atoms with Crippen LogP contribution in [0.15, 0.2) is 53.8 Å². The van der Waals surface area contributed by atoms with Crippen molar-refractivity contribution in [3.63, 3.8) is 0 Å². The highest BCUT2D eigenvalue weighted by atomic mass is 32.2. The van der Waals surface area contributed by atoms with E-state index in [9.17, 15) is 18.0 Å². The quantitative estimate of drug-likeness (QED) is 0.609. The maximum absolute atomic E-state index is 13.7. The van der Waals surface area contributed by atoms with Crippen molar-refractivity contribution in [3.05, 3.63) is 65.6 Å². The molecule has 1 aromatic carbocycles. The van der Waals surface area contributed by atoms with Crippen molar-refractivity contribution in [1.82, 2.24) is 14.8 Å². The first-order chi connectivity index (χ1) is 13.3. The topological polar surface area (TPSA) is 59.8 Å². The molecule has 0 aliphatic carbocycles. The Morgan fingerprint density at radius 2 is 1.93 bits per heavy atom. The molecule has 0 bridgehead atoms. The molecule has 3 rings (SSSR count). The number of nitrogens with zero attached hydrogens (tertiary/aromatic N) is 3. The summed E-state index contributed by atoms with van der Waals surface area (Å²) in [5.74, 6) is -0.0593. The number of pyridine rings is 1. The van der Waals surface area contributed by atoms with Crippen molar-refractivity contribution in [2.24, 2.45) is 0 Å². The number of nitrogens with one attached hydrogen (secondary N) is 1. The summed E-state index contributed by atoms with van der Waals surface area (Å²) in [5, 5.41) is 7.05. The average molecular weight is 406 g/mol. The summed E-state index contributed by atoms with van der Waals surface area (Å²) in [6.07, 6.45) is -2.42. The Bertz CT molecular complexity index is 984. The van der Waals surface area contributed by atoms with E-state index >= 15 is 0 Å². The Morgan fingerprint density at radius 3 is 2.54 bits per heavy atom. The number of carbonyl (C=O) groups excluding carboxylic acids is 1. The number of rotatable bonds is 5. The highest BCUT2D eigenvalue weighted by Crippen LogP contribution is 2.34. The van der Waals surface area contributed by atoms with Crippen LogP contribution in [0.4, 0.5) is 18.9 Å². The van der Waals surface area contributed by atoms with E-state index in [2.05, 4.69) is 15.4 Å². The maximum atomic E-state index is 13.7. The number of aryl methyl sites for hydroxylation is 1. The molecule has 9 heteroatoms. The number of carbonyl (C=O) groups is 1. The van der Waals surface area contributed by atoms with Gasteiger partial charge in [0, 0.05) is 0 Å². The van der Waals surface area contributed by atoms with Crippen LogP contribution in [0.3, 0.4) is 0 Å². The smallest absolute Gasteiger partial charge is 0.320 e. The Kier molecular flexibility index (Phi) is 5.73. The first-order valence-corrected chi connectivity index (χ1v) is 9.41. The van der Waals surface area contributed by atoms with Gasteiger partial charge in [-0.05, 0) is 36.4 Å². The molecule has 0 aliphatic heterocycles. The van der Waals surface area contributed by atoms with Gasteiger partial charge in [-0.2, -0.15) is 18.3 Å². The summed E-state index contributed by atoms with van der Waals surface area (Å²) >= 11 is 1.52. The van der Waals surface area contributed by atoms with Crippen molar-refractivity contribution in [3.8, 4) is 5.69 Å². The molecule has 146 valence electrons. The van der Waals surface area contributed by atoms with Crippen molar-refractivity contribution >= 4 is 23.4 Å². The van der Waals surface area contributed by atoms with Crippen LogP contribution in [-0.4, -0.2) is 26.4 Å². The van der Waals surface area contributed by atoms with Crippen molar-refractivity contribution in [2.45, 2.75) is 25.0 Å². The Morgan fingerprint density at radius 1 is 1.18 bits per heavy atom. The summed E-state index contributed by atoms with van der Waals surface area (Å²) in [6, 6.07) is 9.83. The number of para-hydroxylation sites is 1. The molecule has 0 saturated heterocycles. The highest BCUT2D eigenvalue weighted by Gasteiger charge is 2.40. The van der Waals surface area contributed by atoms with E-state index in [1.54, 1.807) is 37.3 Å². The Hall–Kier alpha value is -2.81. The number of halogens is 3. The van der Waals surface area contributed by atoms with Gasteiger partial charge in [-0.15, -0.1) is 11.8 Å². The van der Waals surface area contributed by atoms with Gasteiger partial charge < -0.3 is 5.32 Å². The minimum absolute atomic E-state index is 0.261. The van der Waals surface area contributed by atoms with E-state index in [0.29, 0.717) is 11.3 Å². The molecule has 2 heterocycles. The lowest BCUT2D eigenvalue weighted by Gasteiger charge is -2.14. The summed E-state index contributed by atoms with van der Waals surface area (Å²) in [6.45, 7) is 3.66. The number of hydrogen-bond acceptors (Lipinski definition) is 4. The second kappa shape index (κ2) is 8.05. The zero-order chi connectivity index (χ0) is 20.3. The molecular weight excluding hydrogens is 389 g/mol.